The highest BCUT2D eigenvalue weighted by Gasteiger charge is 2.33. The number of para-hydroxylation sites is 1. The highest BCUT2D eigenvalue weighted by molar-refractivity contribution is 5.91. The number of hydrogen-bond acceptors (Lipinski definition) is 5. The standard InChI is InChI=1S/C27H33N3O6/c1-3-19-15-18(14-17(2)24(19)31)16-23(25(32)33)36-27(35)29-11-9-21(10-12-29)30-13-8-20-6-4-5-7-22(20)28-26(30)34/h4-7,14-15,21,23,31H,3,8-13,16H2,1-2H3,(H,28,34)(H,32,33)/t23-/m1/s1. The number of phenols is 1. The third-order valence-electron chi connectivity index (χ3n) is 7.07. The second-order valence-corrected chi connectivity index (χ2v) is 9.44. The van der Waals surface area contributed by atoms with Crippen LogP contribution in [-0.2, 0) is 28.8 Å². The first-order valence-electron chi connectivity index (χ1n) is 12.4. The Bertz CT molecular complexity index is 1140. The van der Waals surface area contributed by atoms with Gasteiger partial charge in [-0.1, -0.05) is 37.3 Å². The van der Waals surface area contributed by atoms with Crippen LogP contribution in [0.3, 0.4) is 0 Å². The summed E-state index contributed by atoms with van der Waals surface area (Å²) in [6, 6.07) is 11.1. The van der Waals surface area contributed by atoms with E-state index in [0.717, 1.165) is 23.2 Å². The Morgan fingerprint density at radius 2 is 1.89 bits per heavy atom. The Morgan fingerprint density at radius 1 is 1.17 bits per heavy atom. The minimum Gasteiger partial charge on any atom is -0.507 e. The molecule has 0 saturated carbocycles. The molecular formula is C27H33N3O6. The van der Waals surface area contributed by atoms with Crippen molar-refractivity contribution < 1.29 is 29.3 Å². The number of aliphatic carboxylic acids is 1. The summed E-state index contributed by atoms with van der Waals surface area (Å²) < 4.78 is 5.40. The van der Waals surface area contributed by atoms with Crippen LogP contribution in [0.4, 0.5) is 15.3 Å². The molecule has 0 aromatic heterocycles. The lowest BCUT2D eigenvalue weighted by molar-refractivity contribution is -0.147. The number of urea groups is 1. The minimum atomic E-state index is -1.33. The Morgan fingerprint density at radius 3 is 2.58 bits per heavy atom. The largest absolute Gasteiger partial charge is 0.507 e. The lowest BCUT2D eigenvalue weighted by Gasteiger charge is -2.37. The van der Waals surface area contributed by atoms with Gasteiger partial charge < -0.3 is 30.1 Å². The number of benzene rings is 2. The van der Waals surface area contributed by atoms with Crippen LogP contribution in [0.5, 0.6) is 5.75 Å². The fourth-order valence-electron chi connectivity index (χ4n) is 5.01. The Hall–Kier alpha value is -3.75. The first-order chi connectivity index (χ1) is 17.3. The zero-order valence-corrected chi connectivity index (χ0v) is 20.7. The molecule has 0 unspecified atom stereocenters. The number of carbonyl (C=O) groups is 3. The van der Waals surface area contributed by atoms with Gasteiger partial charge in [-0.05, 0) is 60.9 Å². The maximum atomic E-state index is 12.8. The van der Waals surface area contributed by atoms with Crippen molar-refractivity contribution in [3.63, 3.8) is 0 Å². The number of nitrogens with one attached hydrogen (secondary N) is 1. The van der Waals surface area contributed by atoms with Crippen molar-refractivity contribution >= 4 is 23.8 Å². The predicted molar refractivity (Wildman–Crippen MR) is 134 cm³/mol. The van der Waals surface area contributed by atoms with Gasteiger partial charge in [0.25, 0.3) is 0 Å². The molecule has 0 bridgehead atoms. The van der Waals surface area contributed by atoms with E-state index >= 15 is 0 Å². The highest BCUT2D eigenvalue weighted by atomic mass is 16.6. The number of anilines is 1. The Kier molecular flexibility index (Phi) is 7.67. The number of carbonyl (C=O) groups excluding carboxylic acids is 2. The number of nitrogens with zero attached hydrogens (tertiary/aromatic N) is 2. The second kappa shape index (κ2) is 10.9. The summed E-state index contributed by atoms with van der Waals surface area (Å²) in [5, 5.41) is 22.8. The number of likely N-dealkylation sites (tertiary alicyclic amines) is 1. The normalized spacial score (nSPS) is 17.1. The number of aryl methyl sites for hydroxylation is 2. The van der Waals surface area contributed by atoms with Crippen LogP contribution in [0.1, 0.15) is 42.0 Å². The van der Waals surface area contributed by atoms with Gasteiger partial charge in [-0.3, -0.25) is 0 Å². The van der Waals surface area contributed by atoms with Crippen LogP contribution in [0.15, 0.2) is 36.4 Å². The average Bonchev–Trinajstić information content (AvgIpc) is 3.03. The predicted octanol–water partition coefficient (Wildman–Crippen LogP) is 3.95. The molecule has 1 saturated heterocycles. The maximum absolute atomic E-state index is 12.8. The molecule has 1 fully saturated rings. The molecule has 2 aliphatic rings. The van der Waals surface area contributed by atoms with E-state index in [1.807, 2.05) is 36.1 Å². The number of phenolic OH excluding ortho intramolecular Hbond substituents is 1. The van der Waals surface area contributed by atoms with Crippen molar-refractivity contribution in [1.29, 1.82) is 0 Å². The first kappa shape index (κ1) is 25.3. The molecule has 3 amide bonds. The first-order valence-corrected chi connectivity index (χ1v) is 12.4. The van der Waals surface area contributed by atoms with E-state index in [4.69, 9.17) is 4.74 Å². The Balaban J connectivity index is 1.34. The van der Waals surface area contributed by atoms with Crippen molar-refractivity contribution in [2.75, 3.05) is 25.0 Å². The summed E-state index contributed by atoms with van der Waals surface area (Å²) in [6.45, 7) is 5.03. The maximum Gasteiger partial charge on any atom is 0.410 e. The number of carboxylic acid groups (broad SMARTS) is 1. The van der Waals surface area contributed by atoms with Gasteiger partial charge in [0, 0.05) is 37.8 Å². The summed E-state index contributed by atoms with van der Waals surface area (Å²) in [5.74, 6) is -1.02. The summed E-state index contributed by atoms with van der Waals surface area (Å²) in [5.41, 5.74) is 4.00. The molecule has 192 valence electrons. The van der Waals surface area contributed by atoms with Crippen LogP contribution in [0.25, 0.3) is 0 Å². The lowest BCUT2D eigenvalue weighted by atomic mass is 9.99. The fourth-order valence-corrected chi connectivity index (χ4v) is 5.01. The van der Waals surface area contributed by atoms with E-state index in [-0.39, 0.29) is 24.2 Å². The van der Waals surface area contributed by atoms with Crippen molar-refractivity contribution in [1.82, 2.24) is 9.80 Å². The number of carboxylic acids is 1. The van der Waals surface area contributed by atoms with Crippen LogP contribution >= 0.6 is 0 Å². The van der Waals surface area contributed by atoms with Crippen molar-refractivity contribution in [2.45, 2.75) is 58.1 Å². The molecule has 9 heteroatoms. The highest BCUT2D eigenvalue weighted by Crippen LogP contribution is 2.27. The van der Waals surface area contributed by atoms with Gasteiger partial charge in [-0.15, -0.1) is 0 Å². The number of piperidine rings is 1. The number of rotatable bonds is 6. The van der Waals surface area contributed by atoms with E-state index in [1.165, 1.54) is 4.90 Å². The van der Waals surface area contributed by atoms with Crippen molar-refractivity contribution in [3.8, 4) is 5.75 Å². The van der Waals surface area contributed by atoms with Crippen molar-refractivity contribution in [2.24, 2.45) is 0 Å². The zero-order chi connectivity index (χ0) is 25.8. The average molecular weight is 496 g/mol. The second-order valence-electron chi connectivity index (χ2n) is 9.44. The molecule has 2 heterocycles. The summed E-state index contributed by atoms with van der Waals surface area (Å²) in [4.78, 5) is 40.8. The third-order valence-corrected chi connectivity index (χ3v) is 7.07. The van der Waals surface area contributed by atoms with Gasteiger partial charge in [0.2, 0.25) is 6.10 Å². The summed E-state index contributed by atoms with van der Waals surface area (Å²) in [7, 11) is 0. The van der Waals surface area contributed by atoms with E-state index in [1.54, 1.807) is 19.1 Å². The molecule has 2 aliphatic heterocycles. The molecule has 3 N–H and O–H groups in total. The SMILES string of the molecule is CCc1cc(C[C@@H](OC(=O)N2CCC(N3CCc4ccccc4NC3=O)CC2)C(=O)O)cc(C)c1O. The summed E-state index contributed by atoms with van der Waals surface area (Å²) >= 11 is 0. The molecule has 0 aliphatic carbocycles. The van der Waals surface area contributed by atoms with Gasteiger partial charge in [0.1, 0.15) is 5.75 Å². The van der Waals surface area contributed by atoms with Crippen molar-refractivity contribution in [3.05, 3.63) is 58.7 Å². The smallest absolute Gasteiger partial charge is 0.410 e. The molecule has 4 rings (SSSR count). The van der Waals surface area contributed by atoms with E-state index in [2.05, 4.69) is 5.32 Å². The van der Waals surface area contributed by atoms with Gasteiger partial charge in [0.15, 0.2) is 0 Å². The quantitative estimate of drug-likeness (QED) is 0.558. The van der Waals surface area contributed by atoms with Crippen LogP contribution < -0.4 is 5.32 Å². The molecular weight excluding hydrogens is 462 g/mol. The van der Waals surface area contributed by atoms with Crippen LogP contribution in [0.2, 0.25) is 0 Å². The van der Waals surface area contributed by atoms with E-state index in [0.29, 0.717) is 50.0 Å². The molecule has 1 atom stereocenters. The topological polar surface area (TPSA) is 119 Å². The lowest BCUT2D eigenvalue weighted by Crippen LogP contribution is -2.50. The third kappa shape index (κ3) is 5.56. The summed E-state index contributed by atoms with van der Waals surface area (Å²) in [6.07, 6.45) is 0.558. The van der Waals surface area contributed by atoms with Gasteiger partial charge >= 0.3 is 18.1 Å². The van der Waals surface area contributed by atoms with Gasteiger partial charge in [0.05, 0.1) is 0 Å². The number of ether oxygens (including phenoxy) is 1. The Labute approximate surface area is 210 Å². The van der Waals surface area contributed by atoms with Crippen LogP contribution in [0, 0.1) is 6.92 Å². The van der Waals surface area contributed by atoms with Crippen LogP contribution in [-0.4, -0.2) is 69.9 Å². The van der Waals surface area contributed by atoms with E-state index in [9.17, 15) is 24.6 Å². The molecule has 0 spiro atoms. The van der Waals surface area contributed by atoms with Gasteiger partial charge in [-0.25, -0.2) is 14.4 Å². The monoisotopic (exact) mass is 495 g/mol. The molecule has 9 nitrogen and oxygen atoms in total. The fraction of sp³-hybridized carbons (Fsp3) is 0.444. The zero-order valence-electron chi connectivity index (χ0n) is 20.7. The molecule has 2 aromatic carbocycles. The van der Waals surface area contributed by atoms with E-state index < -0.39 is 18.2 Å². The molecule has 2 aromatic rings. The van der Waals surface area contributed by atoms with Gasteiger partial charge in [-0.2, -0.15) is 0 Å². The number of amides is 3. The number of fused-ring (bicyclic) bond motifs is 1. The minimum absolute atomic E-state index is 0.00827. The number of hydrogen-bond donors (Lipinski definition) is 3. The molecule has 0 radical (unpaired) electrons. The number of aromatic hydroxyl groups is 1. The molecule has 36 heavy (non-hydrogen) atoms.